The number of nitrogens with one attached hydrogen (secondary N) is 3. The number of rotatable bonds is 9. The average Bonchev–Trinajstić information content (AvgIpc) is 3.45. The van der Waals surface area contributed by atoms with Crippen molar-refractivity contribution in [1.29, 1.82) is 0 Å². The fraction of sp³-hybridized carbons (Fsp3) is 0.410. The number of hydrogen-bond acceptors (Lipinski definition) is 4. The topological polar surface area (TPSA) is 107 Å². The van der Waals surface area contributed by atoms with E-state index < -0.39 is 0 Å². The fourth-order valence-corrected chi connectivity index (χ4v) is 5.18. The summed E-state index contributed by atoms with van der Waals surface area (Å²) in [6.07, 6.45) is 1.55. The van der Waals surface area contributed by atoms with Gasteiger partial charge in [0.2, 0.25) is 11.8 Å². The summed E-state index contributed by atoms with van der Waals surface area (Å²) in [7, 11) is 0. The lowest BCUT2D eigenvalue weighted by Crippen LogP contribution is -2.19. The first kappa shape index (κ1) is 34.5. The zero-order valence-electron chi connectivity index (χ0n) is 29.1. The summed E-state index contributed by atoms with van der Waals surface area (Å²) in [5.41, 5.74) is 6.88. The Hall–Kier alpha value is -4.39. The maximum atomic E-state index is 12.5. The second-order valence-electron chi connectivity index (χ2n) is 14.5. The van der Waals surface area contributed by atoms with E-state index in [-0.39, 0.29) is 34.5 Å². The van der Waals surface area contributed by atoms with Crippen LogP contribution in [0.25, 0.3) is 33.9 Å². The second-order valence-corrected chi connectivity index (χ2v) is 14.5. The number of aromatic nitrogens is 2. The molecule has 244 valence electrons. The van der Waals surface area contributed by atoms with Gasteiger partial charge in [-0.05, 0) is 60.1 Å². The van der Waals surface area contributed by atoms with Crippen molar-refractivity contribution in [2.24, 2.45) is 11.8 Å². The molecule has 0 saturated carbocycles. The molecule has 4 N–H and O–H groups in total. The third-order valence-corrected chi connectivity index (χ3v) is 8.69. The van der Waals surface area contributed by atoms with Crippen LogP contribution in [-0.4, -0.2) is 26.9 Å². The van der Waals surface area contributed by atoms with Crippen molar-refractivity contribution >= 4 is 23.2 Å². The van der Waals surface area contributed by atoms with Gasteiger partial charge in [-0.15, -0.1) is 0 Å². The van der Waals surface area contributed by atoms with Crippen LogP contribution < -0.4 is 10.6 Å². The van der Waals surface area contributed by atoms with Gasteiger partial charge < -0.3 is 20.7 Å². The molecule has 7 nitrogen and oxygen atoms in total. The Morgan fingerprint density at radius 3 is 1.52 bits per heavy atom. The molecule has 4 rings (SSSR count). The molecular weight excluding hydrogens is 572 g/mol. The van der Waals surface area contributed by atoms with E-state index in [0.29, 0.717) is 11.6 Å². The molecule has 0 aliphatic rings. The lowest BCUT2D eigenvalue weighted by atomic mass is 9.78. The number of anilines is 2. The first-order valence-corrected chi connectivity index (χ1v) is 16.3. The first-order valence-electron chi connectivity index (χ1n) is 16.3. The number of aromatic amines is 1. The Labute approximate surface area is 274 Å². The van der Waals surface area contributed by atoms with E-state index in [1.165, 1.54) is 0 Å². The van der Waals surface area contributed by atoms with Crippen LogP contribution in [0.15, 0.2) is 60.7 Å². The van der Waals surface area contributed by atoms with Gasteiger partial charge in [0.05, 0.1) is 11.4 Å². The third-order valence-electron chi connectivity index (χ3n) is 8.69. The quantitative estimate of drug-likeness (QED) is 0.149. The molecule has 0 saturated heterocycles. The van der Waals surface area contributed by atoms with Crippen LogP contribution in [0.4, 0.5) is 11.4 Å². The summed E-state index contributed by atoms with van der Waals surface area (Å²) >= 11 is 0. The van der Waals surface area contributed by atoms with Gasteiger partial charge >= 0.3 is 0 Å². The van der Waals surface area contributed by atoms with Crippen molar-refractivity contribution < 1.29 is 14.7 Å². The number of phenolic OH excluding ortho intramolecular Hbond substituents is 1. The van der Waals surface area contributed by atoms with Crippen LogP contribution >= 0.6 is 0 Å². The van der Waals surface area contributed by atoms with Crippen LogP contribution in [0, 0.1) is 11.8 Å². The van der Waals surface area contributed by atoms with Crippen LogP contribution in [-0.2, 0) is 20.4 Å². The molecule has 0 aliphatic carbocycles. The number of nitrogens with zero attached hydrogens (tertiary/aromatic N) is 1. The minimum Gasteiger partial charge on any atom is -0.507 e. The maximum absolute atomic E-state index is 12.5. The van der Waals surface area contributed by atoms with Gasteiger partial charge in [-0.2, -0.15) is 0 Å². The molecule has 46 heavy (non-hydrogen) atoms. The number of hydrogen-bond donors (Lipinski definition) is 4. The molecule has 0 radical (unpaired) electrons. The lowest BCUT2D eigenvalue weighted by Gasteiger charge is -2.28. The largest absolute Gasteiger partial charge is 0.507 e. The molecule has 1 aromatic heterocycles. The maximum Gasteiger partial charge on any atom is 0.227 e. The van der Waals surface area contributed by atoms with E-state index in [1.807, 2.05) is 88.4 Å². The first-order chi connectivity index (χ1) is 21.5. The van der Waals surface area contributed by atoms with E-state index in [1.54, 1.807) is 0 Å². The van der Waals surface area contributed by atoms with Gasteiger partial charge in [0, 0.05) is 51.0 Å². The monoisotopic (exact) mass is 622 g/mol. The Morgan fingerprint density at radius 2 is 1.13 bits per heavy atom. The summed E-state index contributed by atoms with van der Waals surface area (Å²) in [4.78, 5) is 33.7. The summed E-state index contributed by atoms with van der Waals surface area (Å²) < 4.78 is 0. The van der Waals surface area contributed by atoms with Crippen molar-refractivity contribution in [2.75, 3.05) is 10.6 Å². The SMILES string of the molecule is CCC(C)C(=O)Nc1ccc(-c2nc(-c3cc(C(C)(C)C)c(O)c(C(C)(C)C)c3)[nH]c2-c2ccc(NC(=O)C(C)CC)cc2)cc1. The highest BCUT2D eigenvalue weighted by atomic mass is 16.3. The number of H-pyrrole nitrogens is 1. The summed E-state index contributed by atoms with van der Waals surface area (Å²) in [5.74, 6) is 0.859. The Kier molecular flexibility index (Phi) is 10.1. The van der Waals surface area contributed by atoms with Crippen molar-refractivity contribution in [3.05, 3.63) is 71.8 Å². The van der Waals surface area contributed by atoms with Crippen LogP contribution in [0.3, 0.4) is 0 Å². The molecule has 2 unspecified atom stereocenters. The minimum atomic E-state index is -0.288. The van der Waals surface area contributed by atoms with E-state index >= 15 is 0 Å². The fourth-order valence-electron chi connectivity index (χ4n) is 5.18. The zero-order valence-corrected chi connectivity index (χ0v) is 29.1. The van der Waals surface area contributed by atoms with Crippen molar-refractivity contribution in [1.82, 2.24) is 9.97 Å². The lowest BCUT2D eigenvalue weighted by molar-refractivity contribution is -0.120. The van der Waals surface area contributed by atoms with Gasteiger partial charge in [-0.1, -0.05) is 93.5 Å². The molecule has 4 aromatic rings. The van der Waals surface area contributed by atoms with Gasteiger partial charge in [0.25, 0.3) is 0 Å². The third kappa shape index (κ3) is 7.69. The summed E-state index contributed by atoms with van der Waals surface area (Å²) in [6, 6.07) is 19.6. The molecule has 3 aromatic carbocycles. The molecule has 0 bridgehead atoms. The number of phenols is 1. The van der Waals surface area contributed by atoms with E-state index in [9.17, 15) is 14.7 Å². The number of aromatic hydroxyl groups is 1. The van der Waals surface area contributed by atoms with Crippen LogP contribution in [0.2, 0.25) is 0 Å². The number of amides is 2. The molecule has 0 spiro atoms. The molecule has 2 amide bonds. The average molecular weight is 623 g/mol. The van der Waals surface area contributed by atoms with Crippen molar-refractivity contribution in [3.8, 4) is 39.7 Å². The Balaban J connectivity index is 1.84. The highest BCUT2D eigenvalue weighted by Gasteiger charge is 2.28. The van der Waals surface area contributed by atoms with Gasteiger partial charge in [0.15, 0.2) is 0 Å². The number of imidazole rings is 1. The normalized spacial score (nSPS) is 13.3. The van der Waals surface area contributed by atoms with Gasteiger partial charge in [-0.3, -0.25) is 9.59 Å². The van der Waals surface area contributed by atoms with Crippen molar-refractivity contribution in [2.45, 2.75) is 92.9 Å². The van der Waals surface area contributed by atoms with Gasteiger partial charge in [0.1, 0.15) is 11.6 Å². The smallest absolute Gasteiger partial charge is 0.227 e. The molecule has 0 fully saturated rings. The predicted octanol–water partition coefficient (Wildman–Crippen LogP) is 9.68. The Bertz CT molecular complexity index is 1570. The predicted molar refractivity (Wildman–Crippen MR) is 190 cm³/mol. The minimum absolute atomic E-state index is 0.00286. The number of carbonyl (C=O) groups is 2. The zero-order chi connectivity index (χ0) is 34.0. The highest BCUT2D eigenvalue weighted by Crippen LogP contribution is 2.43. The number of benzene rings is 3. The second kappa shape index (κ2) is 13.5. The van der Waals surface area contributed by atoms with Crippen molar-refractivity contribution in [3.63, 3.8) is 0 Å². The highest BCUT2D eigenvalue weighted by molar-refractivity contribution is 5.94. The number of carbonyl (C=O) groups excluding carboxylic acids is 2. The standard InChI is InChI=1S/C39H50N4O3/c1-11-23(3)36(45)40-28-17-13-25(14-18-28)32-33(26-15-19-29(20-16-26)41-37(46)24(4)12-2)43-35(42-32)27-21-30(38(5,6)7)34(44)31(22-27)39(8,9)10/h13-24,44H,11-12H2,1-10H3,(H,40,45)(H,41,46)(H,42,43). The van der Waals surface area contributed by atoms with E-state index in [0.717, 1.165) is 63.4 Å². The molecule has 1 heterocycles. The van der Waals surface area contributed by atoms with E-state index in [2.05, 4.69) is 57.2 Å². The molecular formula is C39H50N4O3. The Morgan fingerprint density at radius 1 is 0.717 bits per heavy atom. The molecule has 7 heteroatoms. The molecule has 2 atom stereocenters. The van der Waals surface area contributed by atoms with E-state index in [4.69, 9.17) is 4.98 Å². The van der Waals surface area contributed by atoms with Crippen LogP contribution in [0.5, 0.6) is 5.75 Å². The summed E-state index contributed by atoms with van der Waals surface area (Å²) in [6.45, 7) is 20.4. The van der Waals surface area contributed by atoms with Crippen LogP contribution in [0.1, 0.15) is 93.2 Å². The summed E-state index contributed by atoms with van der Waals surface area (Å²) in [5, 5.41) is 17.3. The van der Waals surface area contributed by atoms with Gasteiger partial charge in [-0.25, -0.2) is 4.98 Å². The molecule has 0 aliphatic heterocycles.